The fraction of sp³-hybridized carbons (Fsp3) is 0.160. The largest absolute Gasteiger partial charge is 0.332 e. The molecule has 1 aliphatic heterocycles. The first-order valence-electron chi connectivity index (χ1n) is 10.6. The molecule has 1 atom stereocenters. The molecule has 3 aromatic carbocycles. The van der Waals surface area contributed by atoms with Gasteiger partial charge in [-0.25, -0.2) is 13.8 Å². The summed E-state index contributed by atoms with van der Waals surface area (Å²) >= 11 is 0. The quantitative estimate of drug-likeness (QED) is 0.389. The SMILES string of the molecule is CN(CC(=O)N1N=C(c2ccc(F)cc2)C[C@@H]1c1cccc([N+](=O)[O-])c1)C(=O)c1ccccc1F. The lowest BCUT2D eigenvalue weighted by atomic mass is 9.98. The molecule has 0 aromatic heterocycles. The third kappa shape index (κ3) is 5.06. The third-order valence-electron chi connectivity index (χ3n) is 5.63. The Bertz CT molecular complexity index is 1330. The second-order valence-corrected chi connectivity index (χ2v) is 8.00. The summed E-state index contributed by atoms with van der Waals surface area (Å²) in [4.78, 5) is 37.7. The first kappa shape index (κ1) is 23.7. The maximum Gasteiger partial charge on any atom is 0.269 e. The van der Waals surface area contributed by atoms with Crippen LogP contribution < -0.4 is 0 Å². The molecule has 0 saturated carbocycles. The molecule has 0 N–H and O–H groups in total. The van der Waals surface area contributed by atoms with Crippen LogP contribution in [0.3, 0.4) is 0 Å². The fourth-order valence-corrected chi connectivity index (χ4v) is 3.85. The van der Waals surface area contributed by atoms with Gasteiger partial charge in [-0.3, -0.25) is 19.7 Å². The van der Waals surface area contributed by atoms with E-state index in [1.165, 1.54) is 72.7 Å². The Hall–Kier alpha value is -4.47. The van der Waals surface area contributed by atoms with Crippen LogP contribution >= 0.6 is 0 Å². The van der Waals surface area contributed by atoms with E-state index < -0.39 is 41.0 Å². The lowest BCUT2D eigenvalue weighted by molar-refractivity contribution is -0.385. The zero-order chi connectivity index (χ0) is 25.1. The lowest BCUT2D eigenvalue weighted by Crippen LogP contribution is -2.39. The van der Waals surface area contributed by atoms with Crippen LogP contribution in [0.4, 0.5) is 14.5 Å². The van der Waals surface area contributed by atoms with Gasteiger partial charge >= 0.3 is 0 Å². The highest BCUT2D eigenvalue weighted by atomic mass is 19.1. The minimum atomic E-state index is -0.705. The van der Waals surface area contributed by atoms with Gasteiger partial charge in [0.2, 0.25) is 0 Å². The average Bonchev–Trinajstić information content (AvgIpc) is 3.30. The molecule has 0 radical (unpaired) electrons. The van der Waals surface area contributed by atoms with Crippen molar-refractivity contribution >= 4 is 23.2 Å². The smallest absolute Gasteiger partial charge is 0.269 e. The van der Waals surface area contributed by atoms with Crippen LogP contribution in [0, 0.1) is 21.7 Å². The summed E-state index contributed by atoms with van der Waals surface area (Å²) in [5.74, 6) is -2.37. The number of amides is 2. The predicted molar refractivity (Wildman–Crippen MR) is 124 cm³/mol. The van der Waals surface area contributed by atoms with E-state index in [1.807, 2.05) is 0 Å². The summed E-state index contributed by atoms with van der Waals surface area (Å²) in [5.41, 5.74) is 1.24. The van der Waals surface area contributed by atoms with Gasteiger partial charge in [0, 0.05) is 25.6 Å². The van der Waals surface area contributed by atoms with Gasteiger partial charge in [0.25, 0.3) is 17.5 Å². The van der Waals surface area contributed by atoms with Crippen LogP contribution in [0.25, 0.3) is 0 Å². The van der Waals surface area contributed by atoms with Gasteiger partial charge in [0.15, 0.2) is 0 Å². The van der Waals surface area contributed by atoms with E-state index >= 15 is 0 Å². The van der Waals surface area contributed by atoms with Crippen molar-refractivity contribution in [3.63, 3.8) is 0 Å². The molecule has 1 aliphatic rings. The molecule has 0 fully saturated rings. The standard InChI is InChI=1S/C25H20F2N4O4/c1-29(25(33)20-7-2-3-8-21(20)27)15-24(32)30-23(17-5-4-6-19(13-17)31(34)35)14-22(28-30)16-9-11-18(26)12-10-16/h2-13,23H,14-15H2,1H3/t23-/m1/s1. The number of halogens is 2. The maximum absolute atomic E-state index is 14.0. The van der Waals surface area contributed by atoms with Gasteiger partial charge in [0.05, 0.1) is 22.2 Å². The van der Waals surface area contributed by atoms with Crippen LogP contribution in [-0.2, 0) is 4.79 Å². The number of benzene rings is 3. The molecule has 10 heteroatoms. The predicted octanol–water partition coefficient (Wildman–Crippen LogP) is 4.32. The van der Waals surface area contributed by atoms with Crippen molar-refractivity contribution in [2.75, 3.05) is 13.6 Å². The average molecular weight is 478 g/mol. The monoisotopic (exact) mass is 478 g/mol. The van der Waals surface area contributed by atoms with E-state index in [-0.39, 0.29) is 17.7 Å². The van der Waals surface area contributed by atoms with Crippen LogP contribution in [0.2, 0.25) is 0 Å². The first-order chi connectivity index (χ1) is 16.7. The summed E-state index contributed by atoms with van der Waals surface area (Å²) in [6.07, 6.45) is 0.226. The molecule has 1 heterocycles. The summed E-state index contributed by atoms with van der Waals surface area (Å²) in [6, 6.07) is 16.2. The third-order valence-corrected chi connectivity index (χ3v) is 5.63. The number of nitro groups is 1. The normalized spacial score (nSPS) is 15.0. The number of nitro benzene ring substituents is 1. The van der Waals surface area contributed by atoms with Gasteiger partial charge in [-0.2, -0.15) is 5.10 Å². The Balaban J connectivity index is 1.63. The molecule has 3 aromatic rings. The molecule has 2 amide bonds. The minimum Gasteiger partial charge on any atom is -0.332 e. The van der Waals surface area contributed by atoms with Gasteiger partial charge in [-0.1, -0.05) is 36.4 Å². The molecule has 0 aliphatic carbocycles. The van der Waals surface area contributed by atoms with E-state index in [0.717, 1.165) is 11.0 Å². The van der Waals surface area contributed by atoms with Gasteiger partial charge in [-0.05, 0) is 35.4 Å². The number of rotatable bonds is 6. The first-order valence-corrected chi connectivity index (χ1v) is 10.6. The highest BCUT2D eigenvalue weighted by molar-refractivity contribution is 6.03. The number of carbonyl (C=O) groups is 2. The second-order valence-electron chi connectivity index (χ2n) is 8.00. The van der Waals surface area contributed by atoms with Gasteiger partial charge < -0.3 is 4.90 Å². The van der Waals surface area contributed by atoms with E-state index in [4.69, 9.17) is 0 Å². The van der Waals surface area contributed by atoms with Gasteiger partial charge in [0.1, 0.15) is 18.2 Å². The number of carbonyl (C=O) groups excluding carboxylic acids is 2. The summed E-state index contributed by atoms with van der Waals surface area (Å²) in [5, 5.41) is 16.9. The highest BCUT2D eigenvalue weighted by Gasteiger charge is 2.34. The molecule has 178 valence electrons. The van der Waals surface area contributed by atoms with Gasteiger partial charge in [-0.15, -0.1) is 0 Å². The zero-order valence-corrected chi connectivity index (χ0v) is 18.6. The van der Waals surface area contributed by atoms with E-state index in [1.54, 1.807) is 6.07 Å². The Labute approximate surface area is 199 Å². The topological polar surface area (TPSA) is 96.1 Å². The zero-order valence-electron chi connectivity index (χ0n) is 18.6. The van der Waals surface area contributed by atoms with Crippen molar-refractivity contribution in [2.45, 2.75) is 12.5 Å². The molecule has 4 rings (SSSR count). The molecular weight excluding hydrogens is 458 g/mol. The molecule has 0 unspecified atom stereocenters. The summed E-state index contributed by atoms with van der Waals surface area (Å²) in [6.45, 7) is -0.404. The molecule has 8 nitrogen and oxygen atoms in total. The van der Waals surface area contributed by atoms with E-state index in [9.17, 15) is 28.5 Å². The van der Waals surface area contributed by atoms with E-state index in [0.29, 0.717) is 16.8 Å². The van der Waals surface area contributed by atoms with Crippen LogP contribution in [0.5, 0.6) is 0 Å². The van der Waals surface area contributed by atoms with Crippen molar-refractivity contribution < 1.29 is 23.3 Å². The van der Waals surface area contributed by atoms with Crippen molar-refractivity contribution in [1.82, 2.24) is 9.91 Å². The number of hydrogen-bond donors (Lipinski definition) is 0. The Kier molecular flexibility index (Phi) is 6.63. The molecule has 0 spiro atoms. The fourth-order valence-electron chi connectivity index (χ4n) is 3.85. The number of nitrogens with zero attached hydrogens (tertiary/aromatic N) is 4. The Morgan fingerprint density at radius 1 is 1.09 bits per heavy atom. The number of likely N-dealkylation sites (N-methyl/N-ethyl adjacent to an activating group) is 1. The van der Waals surface area contributed by atoms with Crippen LogP contribution in [-0.4, -0.2) is 46.0 Å². The van der Waals surface area contributed by atoms with Crippen LogP contribution in [0.1, 0.15) is 33.9 Å². The van der Waals surface area contributed by atoms with Crippen molar-refractivity contribution in [2.24, 2.45) is 5.10 Å². The second kappa shape index (κ2) is 9.80. The molecular formula is C25H20F2N4O4. The Morgan fingerprint density at radius 2 is 1.80 bits per heavy atom. The lowest BCUT2D eigenvalue weighted by Gasteiger charge is -2.25. The van der Waals surface area contributed by atoms with Crippen LogP contribution in [0.15, 0.2) is 77.9 Å². The van der Waals surface area contributed by atoms with E-state index in [2.05, 4.69) is 5.10 Å². The number of hydrogen-bond acceptors (Lipinski definition) is 5. The van der Waals surface area contributed by atoms with Crippen molar-refractivity contribution in [1.29, 1.82) is 0 Å². The summed E-state index contributed by atoms with van der Waals surface area (Å²) < 4.78 is 27.4. The molecule has 0 bridgehead atoms. The number of hydrazone groups is 1. The Morgan fingerprint density at radius 3 is 2.49 bits per heavy atom. The molecule has 0 saturated heterocycles. The summed E-state index contributed by atoms with van der Waals surface area (Å²) in [7, 11) is 1.37. The van der Waals surface area contributed by atoms with Crippen molar-refractivity contribution in [3.05, 3.63) is 111 Å². The molecule has 35 heavy (non-hydrogen) atoms. The highest BCUT2D eigenvalue weighted by Crippen LogP contribution is 2.34. The maximum atomic E-state index is 14.0. The number of non-ortho nitro benzene ring substituents is 1. The van der Waals surface area contributed by atoms with Crippen molar-refractivity contribution in [3.8, 4) is 0 Å². The minimum absolute atomic E-state index is 0.142.